The minimum atomic E-state index is 0.851. The lowest BCUT2D eigenvalue weighted by Crippen LogP contribution is -2.00. The van der Waals surface area contributed by atoms with Crippen molar-refractivity contribution in [3.05, 3.63) is 54.5 Å². The van der Waals surface area contributed by atoms with Gasteiger partial charge in [-0.2, -0.15) is 5.10 Å². The number of fused-ring (bicyclic) bond motifs is 1. The largest absolute Gasteiger partial charge is 0.237 e. The van der Waals surface area contributed by atoms with Crippen LogP contribution >= 0.6 is 11.8 Å². The van der Waals surface area contributed by atoms with Crippen molar-refractivity contribution >= 4 is 17.3 Å². The second kappa shape index (κ2) is 4.82. The van der Waals surface area contributed by atoms with E-state index < -0.39 is 0 Å². The molecular formula is C14H13N3S. The summed E-state index contributed by atoms with van der Waals surface area (Å²) in [7, 11) is 0. The lowest BCUT2D eigenvalue weighted by Gasteiger charge is -2.03. The van der Waals surface area contributed by atoms with Gasteiger partial charge in [-0.15, -0.1) is 0 Å². The van der Waals surface area contributed by atoms with E-state index in [9.17, 15) is 0 Å². The van der Waals surface area contributed by atoms with E-state index >= 15 is 0 Å². The molecule has 3 rings (SSSR count). The molecule has 0 spiro atoms. The van der Waals surface area contributed by atoms with Crippen molar-refractivity contribution in [1.29, 1.82) is 0 Å². The van der Waals surface area contributed by atoms with Crippen LogP contribution in [0.2, 0.25) is 0 Å². The Kier molecular flexibility index (Phi) is 3.02. The van der Waals surface area contributed by atoms with Gasteiger partial charge >= 0.3 is 0 Å². The van der Waals surface area contributed by atoms with Crippen molar-refractivity contribution in [2.24, 2.45) is 0 Å². The van der Waals surface area contributed by atoms with E-state index in [2.05, 4.69) is 35.2 Å². The molecule has 0 aliphatic heterocycles. The Morgan fingerprint density at radius 2 is 1.94 bits per heavy atom. The molecule has 0 N–H and O–H groups in total. The summed E-state index contributed by atoms with van der Waals surface area (Å²) in [5.74, 6) is 0.869. The van der Waals surface area contributed by atoms with E-state index in [4.69, 9.17) is 0 Å². The Hall–Kier alpha value is -1.81. The molecule has 90 valence electrons. The molecule has 0 saturated heterocycles. The maximum Gasteiger partial charge on any atom is 0.148 e. The number of aryl methyl sites for hydroxylation is 1. The predicted octanol–water partition coefficient (Wildman–Crippen LogP) is 3.44. The lowest BCUT2D eigenvalue weighted by molar-refractivity contribution is 0.768. The van der Waals surface area contributed by atoms with Gasteiger partial charge < -0.3 is 0 Å². The fraction of sp³-hybridized carbons (Fsp3) is 0.143. The van der Waals surface area contributed by atoms with E-state index in [0.717, 1.165) is 22.8 Å². The molecule has 0 fully saturated rings. The van der Waals surface area contributed by atoms with Crippen LogP contribution < -0.4 is 0 Å². The van der Waals surface area contributed by atoms with E-state index in [1.54, 1.807) is 11.8 Å². The van der Waals surface area contributed by atoms with Crippen molar-refractivity contribution in [3.63, 3.8) is 0 Å². The monoisotopic (exact) mass is 255 g/mol. The Morgan fingerprint density at radius 3 is 2.72 bits per heavy atom. The first-order valence-corrected chi connectivity index (χ1v) is 6.75. The van der Waals surface area contributed by atoms with Gasteiger partial charge in [-0.1, -0.05) is 36.9 Å². The molecule has 0 aliphatic rings. The maximum atomic E-state index is 4.53. The first-order chi connectivity index (χ1) is 8.86. The maximum absolute atomic E-state index is 4.53. The number of rotatable bonds is 3. The van der Waals surface area contributed by atoms with Gasteiger partial charge in [0.1, 0.15) is 10.9 Å². The van der Waals surface area contributed by atoms with Crippen LogP contribution in [0.15, 0.2) is 58.6 Å². The molecule has 2 heterocycles. The second-order valence-electron chi connectivity index (χ2n) is 3.95. The number of benzene rings is 1. The van der Waals surface area contributed by atoms with Gasteiger partial charge in [0.2, 0.25) is 0 Å². The van der Waals surface area contributed by atoms with E-state index in [-0.39, 0.29) is 0 Å². The fourth-order valence-corrected chi connectivity index (χ4v) is 2.66. The molecule has 0 bridgehead atoms. The minimum Gasteiger partial charge on any atom is -0.237 e. The smallest absolute Gasteiger partial charge is 0.148 e. The zero-order chi connectivity index (χ0) is 12.4. The molecule has 0 atom stereocenters. The van der Waals surface area contributed by atoms with Crippen molar-refractivity contribution < 1.29 is 0 Å². The third-order valence-corrected chi connectivity index (χ3v) is 3.72. The molecule has 2 aromatic heterocycles. The Labute approximate surface area is 110 Å². The van der Waals surface area contributed by atoms with Crippen LogP contribution in [0.1, 0.15) is 12.7 Å². The third kappa shape index (κ3) is 2.11. The Bertz CT molecular complexity index is 661. The van der Waals surface area contributed by atoms with Gasteiger partial charge in [0.15, 0.2) is 0 Å². The van der Waals surface area contributed by atoms with Gasteiger partial charge in [-0.25, -0.2) is 9.50 Å². The van der Waals surface area contributed by atoms with Gasteiger partial charge in [0, 0.05) is 11.3 Å². The highest BCUT2D eigenvalue weighted by atomic mass is 32.2. The molecule has 0 amide bonds. The van der Waals surface area contributed by atoms with Crippen LogP contribution in [0.5, 0.6) is 0 Å². The van der Waals surface area contributed by atoms with E-state index in [1.807, 2.05) is 35.0 Å². The first-order valence-electron chi connectivity index (χ1n) is 5.93. The standard InChI is InChI=1S/C14H13N3S/c1-2-13-15-10-11-8-9-14(17(11)16-13)18-12-6-4-3-5-7-12/h3-10H,2H2,1H3. The SMILES string of the molecule is CCc1ncc2ccc(Sc3ccccc3)n2n1. The molecule has 0 aliphatic carbocycles. The van der Waals surface area contributed by atoms with Crippen LogP contribution in [0.4, 0.5) is 0 Å². The minimum absolute atomic E-state index is 0.851. The number of hydrogen-bond donors (Lipinski definition) is 0. The first kappa shape index (κ1) is 11.3. The summed E-state index contributed by atoms with van der Waals surface area (Å²) in [6.45, 7) is 2.06. The molecule has 3 nitrogen and oxygen atoms in total. The van der Waals surface area contributed by atoms with E-state index in [1.165, 1.54) is 4.90 Å². The number of aromatic nitrogens is 3. The molecule has 4 heteroatoms. The quantitative estimate of drug-likeness (QED) is 0.718. The predicted molar refractivity (Wildman–Crippen MR) is 72.9 cm³/mol. The molecule has 0 saturated carbocycles. The van der Waals surface area contributed by atoms with Crippen LogP contribution in [-0.4, -0.2) is 14.6 Å². The summed E-state index contributed by atoms with van der Waals surface area (Å²) in [5, 5.41) is 5.65. The zero-order valence-electron chi connectivity index (χ0n) is 10.1. The molecule has 18 heavy (non-hydrogen) atoms. The summed E-state index contributed by atoms with van der Waals surface area (Å²) in [6.07, 6.45) is 2.73. The van der Waals surface area contributed by atoms with Crippen LogP contribution in [0, 0.1) is 0 Å². The van der Waals surface area contributed by atoms with E-state index in [0.29, 0.717) is 0 Å². The number of hydrogen-bond acceptors (Lipinski definition) is 3. The van der Waals surface area contributed by atoms with Crippen LogP contribution in [-0.2, 0) is 6.42 Å². The average molecular weight is 255 g/mol. The summed E-state index contributed by atoms with van der Waals surface area (Å²) < 4.78 is 1.96. The highest BCUT2D eigenvalue weighted by Crippen LogP contribution is 2.28. The van der Waals surface area contributed by atoms with Gasteiger partial charge in [-0.05, 0) is 24.3 Å². The van der Waals surface area contributed by atoms with Gasteiger partial charge in [0.25, 0.3) is 0 Å². The van der Waals surface area contributed by atoms with Crippen molar-refractivity contribution in [2.45, 2.75) is 23.3 Å². The molecular weight excluding hydrogens is 242 g/mol. The number of nitrogens with zero attached hydrogens (tertiary/aromatic N) is 3. The fourth-order valence-electron chi connectivity index (χ4n) is 1.76. The van der Waals surface area contributed by atoms with Crippen molar-refractivity contribution in [1.82, 2.24) is 14.6 Å². The summed E-state index contributed by atoms with van der Waals surface area (Å²) >= 11 is 1.72. The summed E-state index contributed by atoms with van der Waals surface area (Å²) in [5.41, 5.74) is 1.03. The van der Waals surface area contributed by atoms with Crippen LogP contribution in [0.3, 0.4) is 0 Å². The van der Waals surface area contributed by atoms with Crippen LogP contribution in [0.25, 0.3) is 5.52 Å². The Balaban J connectivity index is 2.01. The normalized spacial score (nSPS) is 10.9. The average Bonchev–Trinajstić information content (AvgIpc) is 2.82. The van der Waals surface area contributed by atoms with Gasteiger partial charge in [-0.3, -0.25) is 0 Å². The third-order valence-electron chi connectivity index (χ3n) is 2.69. The topological polar surface area (TPSA) is 30.2 Å². The van der Waals surface area contributed by atoms with Crippen molar-refractivity contribution in [2.75, 3.05) is 0 Å². The zero-order valence-corrected chi connectivity index (χ0v) is 10.9. The lowest BCUT2D eigenvalue weighted by atomic mass is 10.4. The Morgan fingerprint density at radius 1 is 1.11 bits per heavy atom. The summed E-state index contributed by atoms with van der Waals surface area (Å²) in [4.78, 5) is 5.52. The molecule has 3 aromatic rings. The molecule has 0 unspecified atom stereocenters. The summed E-state index contributed by atoms with van der Waals surface area (Å²) in [6, 6.07) is 14.5. The van der Waals surface area contributed by atoms with Gasteiger partial charge in [0.05, 0.1) is 11.7 Å². The molecule has 1 aromatic carbocycles. The highest BCUT2D eigenvalue weighted by Gasteiger charge is 2.06. The van der Waals surface area contributed by atoms with Crippen molar-refractivity contribution in [3.8, 4) is 0 Å². The second-order valence-corrected chi connectivity index (χ2v) is 5.05. The molecule has 0 radical (unpaired) electrons. The highest BCUT2D eigenvalue weighted by molar-refractivity contribution is 7.99.